The number of rotatable bonds is 12. The van der Waals surface area contributed by atoms with Gasteiger partial charge in [-0.3, -0.25) is 0 Å². The van der Waals surface area contributed by atoms with Crippen molar-refractivity contribution >= 4 is 21.9 Å². The van der Waals surface area contributed by atoms with Crippen molar-refractivity contribution in [3.05, 3.63) is 209 Å². The molecule has 0 aliphatic heterocycles. The van der Waals surface area contributed by atoms with Crippen LogP contribution in [0.5, 0.6) is 0 Å². The number of hydrogen-bond acceptors (Lipinski definition) is 5. The minimum Gasteiger partial charge on any atom is -0.501 e. The molecule has 9 rings (SSSR count). The summed E-state index contributed by atoms with van der Waals surface area (Å²) in [5.74, 6) is 0. The summed E-state index contributed by atoms with van der Waals surface area (Å²) in [4.78, 5) is 14.1. The van der Waals surface area contributed by atoms with Gasteiger partial charge >= 0.3 is 20.1 Å². The fraction of sp³-hybridized carbons (Fsp3) is 0.207. The Balaban J connectivity index is 0.00000693. The third kappa shape index (κ3) is 9.25. The molecular weight excluding hydrogens is 961 g/mol. The molecule has 0 fully saturated rings. The average Bonchev–Trinajstić information content (AvgIpc) is 3.75. The van der Waals surface area contributed by atoms with E-state index in [1.54, 1.807) is 121 Å². The number of pyridine rings is 3. The Kier molecular flexibility index (Phi) is 9.78. The van der Waals surface area contributed by atoms with Crippen LogP contribution >= 0.6 is 0 Å². The van der Waals surface area contributed by atoms with Crippen LogP contribution in [0.3, 0.4) is 0 Å². The van der Waals surface area contributed by atoms with Gasteiger partial charge in [0.05, 0.1) is 20.0 Å². The zero-order valence-corrected chi connectivity index (χ0v) is 38.7. The Bertz CT molecular complexity index is 3370. The molecule has 6 heteroatoms. The summed E-state index contributed by atoms with van der Waals surface area (Å²) in [6, 6.07) is 46.9. The van der Waals surface area contributed by atoms with Crippen LogP contribution in [0.25, 0.3) is 55.7 Å². The Labute approximate surface area is 401 Å². The first-order valence-electron chi connectivity index (χ1n) is 24.8. The van der Waals surface area contributed by atoms with E-state index in [1.165, 1.54) is 18.5 Å². The Morgan fingerprint density at radius 2 is 1.16 bits per heavy atom. The van der Waals surface area contributed by atoms with E-state index < -0.39 is 35.4 Å². The molecule has 64 heavy (non-hydrogen) atoms. The van der Waals surface area contributed by atoms with Crippen LogP contribution in [0, 0.1) is 29.5 Å². The molecule has 9 aromatic rings. The summed E-state index contributed by atoms with van der Waals surface area (Å²) in [5, 5.41) is 10.8. The van der Waals surface area contributed by atoms with Crippen LogP contribution in [-0.2, 0) is 55.5 Å². The summed E-state index contributed by atoms with van der Waals surface area (Å²) in [7, 11) is 0. The quantitative estimate of drug-likeness (QED) is 0.114. The monoisotopic (exact) mass is 1020 g/mol. The zero-order chi connectivity index (χ0) is 50.9. The number of benzene rings is 5. The smallest absolute Gasteiger partial charge is 0.501 e. The van der Waals surface area contributed by atoms with Gasteiger partial charge in [-0.1, -0.05) is 113 Å². The third-order valence-electron chi connectivity index (χ3n) is 11.4. The largest absolute Gasteiger partial charge is 3.00 e. The predicted molar refractivity (Wildman–Crippen MR) is 254 cm³/mol. The van der Waals surface area contributed by atoms with Crippen molar-refractivity contribution in [1.29, 1.82) is 5.26 Å². The van der Waals surface area contributed by atoms with Crippen molar-refractivity contribution in [3.8, 4) is 39.8 Å². The van der Waals surface area contributed by atoms with E-state index >= 15 is 0 Å². The normalized spacial score (nSPS) is 14.5. The molecule has 4 heterocycles. The van der Waals surface area contributed by atoms with Crippen molar-refractivity contribution < 1.29 is 35.5 Å². The number of furan rings is 1. The van der Waals surface area contributed by atoms with E-state index in [0.717, 1.165) is 11.1 Å². The number of fused-ring (bicyclic) bond motifs is 3. The third-order valence-corrected chi connectivity index (χ3v) is 11.4. The van der Waals surface area contributed by atoms with E-state index in [0.29, 0.717) is 66.8 Å². The summed E-state index contributed by atoms with van der Waals surface area (Å²) in [6.45, 7) is 10.7. The molecule has 0 N–H and O–H groups in total. The second-order valence-corrected chi connectivity index (χ2v) is 17.2. The fourth-order valence-corrected chi connectivity index (χ4v) is 7.85. The molecule has 0 amide bonds. The minimum atomic E-state index is -2.17. The molecule has 5 nitrogen and oxygen atoms in total. The summed E-state index contributed by atoms with van der Waals surface area (Å²) in [6.07, 6.45) is -1.61. The van der Waals surface area contributed by atoms with Gasteiger partial charge in [-0.2, -0.15) is 5.26 Å². The van der Waals surface area contributed by atoms with E-state index in [2.05, 4.69) is 28.2 Å². The summed E-state index contributed by atoms with van der Waals surface area (Å²) in [5.41, 5.74) is 2.70. The molecule has 0 spiro atoms. The van der Waals surface area contributed by atoms with Gasteiger partial charge in [0, 0.05) is 32.2 Å². The SMILES string of the molecule is [2H]c1cc2c(oc3c(-c4ccc(C(C)(C)C([2H])([2H])c5cc(C(C)(C)C([2H])([2H])c6ccc(-c7[c-]cccc7)nc6)cc(C(C)(C)C([2H])([2H])c6ccc(-c7[c-]cccc7)nc6)c5)cn4)[c-]ccc32)c([2H])c1C#N.[Ir+3]. The van der Waals surface area contributed by atoms with Crippen LogP contribution < -0.4 is 0 Å². The molecule has 0 bridgehead atoms. The fourth-order valence-electron chi connectivity index (χ4n) is 7.85. The van der Waals surface area contributed by atoms with E-state index in [-0.39, 0.29) is 48.9 Å². The maximum absolute atomic E-state index is 10.1. The Hall–Kier alpha value is -6.51. The van der Waals surface area contributed by atoms with Crippen molar-refractivity contribution in [2.75, 3.05) is 0 Å². The van der Waals surface area contributed by atoms with E-state index in [4.69, 9.17) is 12.1 Å². The standard InChI is InChI=1S/C58H49N4O.Ir/c1-56(2,45-23-27-53(62-38-45)50-19-13-18-49-48-24-20-39(35-59)30-54(48)63-55(49)50)34-42-28-46(57(3,4)32-40-21-25-51(60-36-40)43-14-9-7-10-15-43)31-47(29-42)58(5,6)33-41-22-26-52(61-37-41)44-16-11-8-12-17-44;/h7-14,16,18,20-31,36-38H,32-34H2,1-6H3;/q-3;+3/i20D,30D,32D2,33D2,34D2;. The van der Waals surface area contributed by atoms with E-state index in [9.17, 15) is 13.5 Å². The van der Waals surface area contributed by atoms with Gasteiger partial charge in [0.1, 0.15) is 5.58 Å². The molecule has 0 atom stereocenters. The molecule has 4 aromatic heterocycles. The van der Waals surface area contributed by atoms with Gasteiger partial charge in [0.15, 0.2) is 0 Å². The maximum atomic E-state index is 10.1. The van der Waals surface area contributed by atoms with Crippen molar-refractivity contribution in [3.63, 3.8) is 0 Å². The molecule has 0 saturated heterocycles. The van der Waals surface area contributed by atoms with Crippen molar-refractivity contribution in [2.24, 2.45) is 0 Å². The molecular formula is C58H49IrN4O. The molecule has 316 valence electrons. The second-order valence-electron chi connectivity index (χ2n) is 17.2. The number of nitrogens with zero attached hydrogens (tertiary/aromatic N) is 4. The maximum Gasteiger partial charge on any atom is 3.00 e. The number of aromatic nitrogens is 3. The Morgan fingerprint density at radius 3 is 1.67 bits per heavy atom. The topological polar surface area (TPSA) is 75.6 Å². The van der Waals surface area contributed by atoms with Gasteiger partial charge in [0.25, 0.3) is 0 Å². The number of hydrogen-bond donors (Lipinski definition) is 0. The van der Waals surface area contributed by atoms with Gasteiger partial charge in [-0.05, 0) is 97.9 Å². The summed E-state index contributed by atoms with van der Waals surface area (Å²) < 4.78 is 82.2. The van der Waals surface area contributed by atoms with Crippen LogP contribution in [0.1, 0.15) is 91.5 Å². The molecule has 0 unspecified atom stereocenters. The Morgan fingerprint density at radius 1 is 0.594 bits per heavy atom. The minimum absolute atomic E-state index is 0. The number of nitriles is 1. The van der Waals surface area contributed by atoms with Crippen LogP contribution in [0.4, 0.5) is 0 Å². The van der Waals surface area contributed by atoms with Crippen LogP contribution in [-0.4, -0.2) is 15.0 Å². The van der Waals surface area contributed by atoms with Gasteiger partial charge in [-0.15, -0.1) is 90.0 Å². The predicted octanol–water partition coefficient (Wildman–Crippen LogP) is 13.6. The van der Waals surface area contributed by atoms with Crippen LogP contribution in [0.15, 0.2) is 156 Å². The first-order valence-corrected chi connectivity index (χ1v) is 20.8. The average molecular weight is 1020 g/mol. The van der Waals surface area contributed by atoms with Gasteiger partial charge in [0.2, 0.25) is 0 Å². The van der Waals surface area contributed by atoms with Gasteiger partial charge < -0.3 is 19.4 Å². The van der Waals surface area contributed by atoms with E-state index in [1.807, 2.05) is 48.5 Å². The molecule has 5 aromatic carbocycles. The molecule has 0 aliphatic rings. The van der Waals surface area contributed by atoms with Crippen molar-refractivity contribution in [1.82, 2.24) is 15.0 Å². The van der Waals surface area contributed by atoms with Gasteiger partial charge in [-0.25, -0.2) is 0 Å². The molecule has 0 aliphatic carbocycles. The zero-order valence-electron chi connectivity index (χ0n) is 44.3. The van der Waals surface area contributed by atoms with Crippen molar-refractivity contribution in [2.45, 2.75) is 76.9 Å². The first-order chi connectivity index (χ1) is 33.5. The second kappa shape index (κ2) is 17.9. The van der Waals surface area contributed by atoms with Crippen LogP contribution in [0.2, 0.25) is 0 Å². The summed E-state index contributed by atoms with van der Waals surface area (Å²) >= 11 is 0. The molecule has 0 radical (unpaired) electrons. The molecule has 0 saturated carbocycles. The first kappa shape index (κ1) is 34.9.